The highest BCUT2D eigenvalue weighted by Gasteiger charge is 2.41. The second-order valence-electron chi connectivity index (χ2n) is 5.72. The summed E-state index contributed by atoms with van der Waals surface area (Å²) in [6, 6.07) is 4.12. The van der Waals surface area contributed by atoms with Crippen LogP contribution in [0.5, 0.6) is 0 Å². The smallest absolute Gasteiger partial charge is 0.0637 e. The molecule has 1 atom stereocenters. The molecule has 2 aliphatic rings. The summed E-state index contributed by atoms with van der Waals surface area (Å²) in [6.07, 6.45) is 6.66. The van der Waals surface area contributed by atoms with E-state index in [2.05, 4.69) is 18.0 Å². The highest BCUT2D eigenvalue weighted by molar-refractivity contribution is 5.18. The highest BCUT2D eigenvalue weighted by Crippen LogP contribution is 2.42. The van der Waals surface area contributed by atoms with Crippen LogP contribution in [0.25, 0.3) is 0 Å². The van der Waals surface area contributed by atoms with Gasteiger partial charge in [0.2, 0.25) is 0 Å². The predicted molar refractivity (Wildman–Crippen MR) is 69.5 cm³/mol. The Labute approximate surface area is 109 Å². The molecule has 0 N–H and O–H groups in total. The van der Waals surface area contributed by atoms with Crippen molar-refractivity contribution in [2.75, 3.05) is 19.8 Å². The van der Waals surface area contributed by atoms with Gasteiger partial charge < -0.3 is 9.47 Å². The van der Waals surface area contributed by atoms with Crippen molar-refractivity contribution in [3.8, 4) is 0 Å². The first kappa shape index (κ1) is 12.1. The molecule has 0 amide bonds. The van der Waals surface area contributed by atoms with Crippen LogP contribution in [0.15, 0.2) is 18.3 Å². The lowest BCUT2D eigenvalue weighted by Crippen LogP contribution is -2.30. The molecule has 0 saturated carbocycles. The second-order valence-corrected chi connectivity index (χ2v) is 5.72. The molecule has 1 unspecified atom stereocenters. The van der Waals surface area contributed by atoms with Crippen LogP contribution in [0.2, 0.25) is 0 Å². The lowest BCUT2D eigenvalue weighted by molar-refractivity contribution is 0.00696. The summed E-state index contributed by atoms with van der Waals surface area (Å²) in [5.41, 5.74) is 2.85. The average molecular weight is 247 g/mol. The number of nitrogens with zero attached hydrogens (tertiary/aromatic N) is 1. The van der Waals surface area contributed by atoms with Crippen LogP contribution in [-0.2, 0) is 15.9 Å². The van der Waals surface area contributed by atoms with E-state index >= 15 is 0 Å². The molecule has 0 aromatic carbocycles. The summed E-state index contributed by atoms with van der Waals surface area (Å²) >= 11 is 0. The molecule has 2 aliphatic heterocycles. The van der Waals surface area contributed by atoms with Crippen molar-refractivity contribution in [1.82, 2.24) is 4.98 Å². The standard InChI is InChI=1S/C15H21NO2/c1-12-3-2-6-16-14(12)9-13-10-15(11-18-13)4-7-17-8-5-15/h2-3,6,13H,4-5,7-11H2,1H3. The molecule has 3 heteroatoms. The van der Waals surface area contributed by atoms with Crippen molar-refractivity contribution in [1.29, 1.82) is 0 Å². The Morgan fingerprint density at radius 1 is 1.39 bits per heavy atom. The van der Waals surface area contributed by atoms with Crippen LogP contribution < -0.4 is 0 Å². The van der Waals surface area contributed by atoms with E-state index < -0.39 is 0 Å². The van der Waals surface area contributed by atoms with Gasteiger partial charge in [0.25, 0.3) is 0 Å². The number of hydrogen-bond acceptors (Lipinski definition) is 3. The van der Waals surface area contributed by atoms with Crippen molar-refractivity contribution in [3.05, 3.63) is 29.6 Å². The quantitative estimate of drug-likeness (QED) is 0.804. The van der Waals surface area contributed by atoms with Gasteiger partial charge in [-0.2, -0.15) is 0 Å². The zero-order chi connectivity index (χ0) is 12.4. The summed E-state index contributed by atoms with van der Waals surface area (Å²) < 4.78 is 11.5. The molecular formula is C15H21NO2. The molecule has 3 nitrogen and oxygen atoms in total. The molecule has 0 radical (unpaired) electrons. The van der Waals surface area contributed by atoms with Gasteiger partial charge in [-0.05, 0) is 37.8 Å². The second kappa shape index (κ2) is 4.98. The van der Waals surface area contributed by atoms with Gasteiger partial charge in [0.15, 0.2) is 0 Å². The van der Waals surface area contributed by atoms with E-state index in [1.807, 2.05) is 12.3 Å². The van der Waals surface area contributed by atoms with Gasteiger partial charge >= 0.3 is 0 Å². The molecule has 3 heterocycles. The molecule has 18 heavy (non-hydrogen) atoms. The molecule has 2 saturated heterocycles. The number of aromatic nitrogens is 1. The zero-order valence-electron chi connectivity index (χ0n) is 11.0. The van der Waals surface area contributed by atoms with Crippen LogP contribution in [0.4, 0.5) is 0 Å². The van der Waals surface area contributed by atoms with Gasteiger partial charge in [0.05, 0.1) is 12.7 Å². The van der Waals surface area contributed by atoms with Gasteiger partial charge in [-0.3, -0.25) is 4.98 Å². The van der Waals surface area contributed by atoms with Gasteiger partial charge in [0.1, 0.15) is 0 Å². The summed E-state index contributed by atoms with van der Waals surface area (Å²) in [6.45, 7) is 4.84. The van der Waals surface area contributed by atoms with Crippen molar-refractivity contribution >= 4 is 0 Å². The molecule has 98 valence electrons. The van der Waals surface area contributed by atoms with E-state index in [1.54, 1.807) is 0 Å². The first-order chi connectivity index (χ1) is 8.77. The fraction of sp³-hybridized carbons (Fsp3) is 0.667. The zero-order valence-corrected chi connectivity index (χ0v) is 11.0. The average Bonchev–Trinajstić information content (AvgIpc) is 2.76. The fourth-order valence-corrected chi connectivity index (χ4v) is 3.13. The van der Waals surface area contributed by atoms with Crippen molar-refractivity contribution in [2.45, 2.75) is 38.7 Å². The molecule has 0 bridgehead atoms. The number of aryl methyl sites for hydroxylation is 1. The van der Waals surface area contributed by atoms with Gasteiger partial charge in [-0.25, -0.2) is 0 Å². The Bertz CT molecular complexity index is 413. The van der Waals surface area contributed by atoms with Crippen molar-refractivity contribution in [2.24, 2.45) is 5.41 Å². The maximum atomic E-state index is 6.01. The number of rotatable bonds is 2. The largest absolute Gasteiger partial charge is 0.381 e. The highest BCUT2D eigenvalue weighted by atomic mass is 16.5. The normalized spacial score (nSPS) is 26.6. The molecule has 1 spiro atoms. The predicted octanol–water partition coefficient (Wildman–Crippen LogP) is 2.52. The topological polar surface area (TPSA) is 31.4 Å². The van der Waals surface area contributed by atoms with Gasteiger partial charge in [-0.15, -0.1) is 0 Å². The van der Waals surface area contributed by atoms with Crippen LogP contribution in [-0.4, -0.2) is 30.9 Å². The van der Waals surface area contributed by atoms with Crippen LogP contribution >= 0.6 is 0 Å². The van der Waals surface area contributed by atoms with Gasteiger partial charge in [0, 0.05) is 36.9 Å². The Hall–Kier alpha value is -0.930. The summed E-state index contributed by atoms with van der Waals surface area (Å²) in [4.78, 5) is 4.47. The molecule has 1 aromatic rings. The molecule has 0 aliphatic carbocycles. The summed E-state index contributed by atoms with van der Waals surface area (Å²) in [5.74, 6) is 0. The lowest BCUT2D eigenvalue weighted by atomic mass is 9.78. The maximum Gasteiger partial charge on any atom is 0.0637 e. The molecular weight excluding hydrogens is 226 g/mol. The van der Waals surface area contributed by atoms with E-state index in [0.717, 1.165) is 39.1 Å². The van der Waals surface area contributed by atoms with Crippen LogP contribution in [0, 0.1) is 12.3 Å². The SMILES string of the molecule is Cc1cccnc1CC1CC2(CCOCC2)CO1. The maximum absolute atomic E-state index is 6.01. The van der Waals surface area contributed by atoms with E-state index in [0.29, 0.717) is 11.5 Å². The monoisotopic (exact) mass is 247 g/mol. The third kappa shape index (κ3) is 2.43. The van der Waals surface area contributed by atoms with E-state index in [4.69, 9.17) is 9.47 Å². The minimum Gasteiger partial charge on any atom is -0.381 e. The summed E-state index contributed by atoms with van der Waals surface area (Å²) in [5, 5.41) is 0. The lowest BCUT2D eigenvalue weighted by Gasteiger charge is -2.31. The molecule has 3 rings (SSSR count). The Morgan fingerprint density at radius 3 is 3.00 bits per heavy atom. The first-order valence-corrected chi connectivity index (χ1v) is 6.87. The van der Waals surface area contributed by atoms with Crippen molar-refractivity contribution < 1.29 is 9.47 Å². The van der Waals surface area contributed by atoms with Gasteiger partial charge in [-0.1, -0.05) is 6.07 Å². The Balaban J connectivity index is 1.64. The third-order valence-corrected chi connectivity index (χ3v) is 4.38. The van der Waals surface area contributed by atoms with E-state index in [-0.39, 0.29) is 0 Å². The Morgan fingerprint density at radius 2 is 2.22 bits per heavy atom. The first-order valence-electron chi connectivity index (χ1n) is 6.87. The third-order valence-electron chi connectivity index (χ3n) is 4.38. The van der Waals surface area contributed by atoms with E-state index in [9.17, 15) is 0 Å². The van der Waals surface area contributed by atoms with Crippen LogP contribution in [0.3, 0.4) is 0 Å². The van der Waals surface area contributed by atoms with E-state index in [1.165, 1.54) is 17.7 Å². The summed E-state index contributed by atoms with van der Waals surface area (Å²) in [7, 11) is 0. The number of pyridine rings is 1. The molecule has 2 fully saturated rings. The Kier molecular flexibility index (Phi) is 3.35. The number of ether oxygens (including phenoxy) is 2. The van der Waals surface area contributed by atoms with Crippen LogP contribution in [0.1, 0.15) is 30.5 Å². The van der Waals surface area contributed by atoms with Crippen molar-refractivity contribution in [3.63, 3.8) is 0 Å². The minimum absolute atomic E-state index is 0.344. The minimum atomic E-state index is 0.344. The fourth-order valence-electron chi connectivity index (χ4n) is 3.13. The number of hydrogen-bond donors (Lipinski definition) is 0. The molecule has 1 aromatic heterocycles.